The van der Waals surface area contributed by atoms with E-state index in [1.807, 2.05) is 0 Å². The molecule has 1 heterocycles. The van der Waals surface area contributed by atoms with Crippen molar-refractivity contribution in [3.05, 3.63) is 29.6 Å². The first-order valence-corrected chi connectivity index (χ1v) is 6.45. The molecule has 6 nitrogen and oxygen atoms in total. The summed E-state index contributed by atoms with van der Waals surface area (Å²) in [4.78, 5) is 13.7. The smallest absolute Gasteiger partial charge is 0.321 e. The molecule has 4 N–H and O–H groups in total. The highest BCUT2D eigenvalue weighted by atomic mass is 19.1. The van der Waals surface area contributed by atoms with E-state index in [-0.39, 0.29) is 17.4 Å². The molecule has 108 valence electrons. The Bertz CT molecular complexity index is 527. The Balaban J connectivity index is 2.11. The first-order valence-electron chi connectivity index (χ1n) is 6.45. The zero-order chi connectivity index (χ0) is 14.5. The second-order valence-corrected chi connectivity index (χ2v) is 4.66. The summed E-state index contributed by atoms with van der Waals surface area (Å²) in [6.07, 6.45) is 3.12. The van der Waals surface area contributed by atoms with Gasteiger partial charge in [0, 0.05) is 18.8 Å². The molecule has 1 fully saturated rings. The van der Waals surface area contributed by atoms with Crippen molar-refractivity contribution in [3.8, 4) is 0 Å². The van der Waals surface area contributed by atoms with Crippen LogP contribution in [0.1, 0.15) is 24.8 Å². The number of anilines is 1. The molecule has 1 aromatic carbocycles. The van der Waals surface area contributed by atoms with Crippen molar-refractivity contribution in [2.24, 2.45) is 10.9 Å². The van der Waals surface area contributed by atoms with E-state index in [1.54, 1.807) is 4.90 Å². The van der Waals surface area contributed by atoms with Crippen LogP contribution in [0.4, 0.5) is 14.9 Å². The maximum atomic E-state index is 13.5. The second-order valence-electron chi connectivity index (χ2n) is 4.66. The van der Waals surface area contributed by atoms with Crippen LogP contribution in [0.5, 0.6) is 0 Å². The average molecular weight is 280 g/mol. The van der Waals surface area contributed by atoms with Crippen molar-refractivity contribution in [2.75, 3.05) is 18.4 Å². The molecule has 20 heavy (non-hydrogen) atoms. The molecule has 1 aromatic rings. The van der Waals surface area contributed by atoms with Crippen LogP contribution in [-0.2, 0) is 0 Å². The first kappa shape index (κ1) is 14.1. The van der Waals surface area contributed by atoms with E-state index in [0.29, 0.717) is 5.69 Å². The highest BCUT2D eigenvalue weighted by Crippen LogP contribution is 2.16. The summed E-state index contributed by atoms with van der Waals surface area (Å²) < 4.78 is 13.5. The molecule has 0 spiro atoms. The van der Waals surface area contributed by atoms with Crippen molar-refractivity contribution in [1.29, 1.82) is 0 Å². The summed E-state index contributed by atoms with van der Waals surface area (Å²) in [6.45, 7) is 1.44. The fourth-order valence-electron chi connectivity index (χ4n) is 2.15. The van der Waals surface area contributed by atoms with Crippen LogP contribution < -0.4 is 11.1 Å². The lowest BCUT2D eigenvalue weighted by Crippen LogP contribution is -2.38. The van der Waals surface area contributed by atoms with E-state index >= 15 is 0 Å². The maximum absolute atomic E-state index is 13.5. The van der Waals surface area contributed by atoms with Crippen LogP contribution in [0.15, 0.2) is 23.4 Å². The molecular weight excluding hydrogens is 263 g/mol. The minimum absolute atomic E-state index is 0.0519. The van der Waals surface area contributed by atoms with Gasteiger partial charge < -0.3 is 21.2 Å². The zero-order valence-electron chi connectivity index (χ0n) is 11.0. The lowest BCUT2D eigenvalue weighted by atomic mass is 10.1. The number of hydrogen-bond acceptors (Lipinski definition) is 3. The molecule has 0 unspecified atom stereocenters. The molecule has 2 amide bonds. The summed E-state index contributed by atoms with van der Waals surface area (Å²) >= 11 is 0. The number of carbonyl (C=O) groups excluding carboxylic acids is 1. The fraction of sp³-hybridized carbons (Fsp3) is 0.385. The third-order valence-electron chi connectivity index (χ3n) is 3.24. The number of benzene rings is 1. The van der Waals surface area contributed by atoms with Crippen LogP contribution in [0, 0.1) is 5.82 Å². The average Bonchev–Trinajstić information content (AvgIpc) is 2.49. The topological polar surface area (TPSA) is 91.0 Å². The van der Waals surface area contributed by atoms with Crippen molar-refractivity contribution in [1.82, 2.24) is 4.90 Å². The summed E-state index contributed by atoms with van der Waals surface area (Å²) in [5.74, 6) is -0.951. The highest BCUT2D eigenvalue weighted by Gasteiger charge is 2.17. The molecule has 2 rings (SSSR count). The van der Waals surface area contributed by atoms with Gasteiger partial charge in [0.25, 0.3) is 0 Å². The van der Waals surface area contributed by atoms with E-state index < -0.39 is 5.82 Å². The molecular formula is C13H17FN4O2. The Kier molecular flexibility index (Phi) is 4.39. The molecule has 0 saturated carbocycles. The van der Waals surface area contributed by atoms with Crippen LogP contribution >= 0.6 is 0 Å². The summed E-state index contributed by atoms with van der Waals surface area (Å²) in [5.41, 5.74) is 5.73. The third-order valence-corrected chi connectivity index (χ3v) is 3.24. The Morgan fingerprint density at radius 1 is 1.35 bits per heavy atom. The molecule has 0 atom stereocenters. The number of amidine groups is 1. The van der Waals surface area contributed by atoms with Crippen molar-refractivity contribution in [2.45, 2.75) is 19.3 Å². The molecule has 0 aromatic heterocycles. The summed E-state index contributed by atoms with van der Waals surface area (Å²) in [5, 5.41) is 14.0. The monoisotopic (exact) mass is 280 g/mol. The van der Waals surface area contributed by atoms with E-state index in [4.69, 9.17) is 10.9 Å². The third kappa shape index (κ3) is 3.17. The summed E-state index contributed by atoms with van der Waals surface area (Å²) in [7, 11) is 0. The van der Waals surface area contributed by atoms with Crippen molar-refractivity contribution >= 4 is 17.6 Å². The van der Waals surface area contributed by atoms with E-state index in [2.05, 4.69) is 10.5 Å². The number of nitrogens with two attached hydrogens (primary N) is 1. The van der Waals surface area contributed by atoms with Gasteiger partial charge in [0.1, 0.15) is 5.82 Å². The normalized spacial score (nSPS) is 16.1. The first-order chi connectivity index (χ1) is 9.61. The lowest BCUT2D eigenvalue weighted by Gasteiger charge is -2.26. The SMILES string of the molecule is NC(=NO)c1cc(NC(=O)N2CCCCC2)ccc1F. The number of nitrogens with zero attached hydrogens (tertiary/aromatic N) is 2. The Hall–Kier alpha value is -2.31. The number of oxime groups is 1. The lowest BCUT2D eigenvalue weighted by molar-refractivity contribution is 0.200. The highest BCUT2D eigenvalue weighted by molar-refractivity contribution is 5.99. The fourth-order valence-corrected chi connectivity index (χ4v) is 2.15. The Morgan fingerprint density at radius 2 is 2.05 bits per heavy atom. The van der Waals surface area contributed by atoms with Gasteiger partial charge in [-0.2, -0.15) is 0 Å². The number of likely N-dealkylation sites (tertiary alicyclic amines) is 1. The van der Waals surface area contributed by atoms with E-state index in [0.717, 1.165) is 32.4 Å². The van der Waals surface area contributed by atoms with Gasteiger partial charge in [-0.15, -0.1) is 0 Å². The van der Waals surface area contributed by atoms with Gasteiger partial charge >= 0.3 is 6.03 Å². The number of urea groups is 1. The van der Waals surface area contributed by atoms with Gasteiger partial charge in [0.15, 0.2) is 5.84 Å². The van der Waals surface area contributed by atoms with Crippen LogP contribution in [0.3, 0.4) is 0 Å². The zero-order valence-corrected chi connectivity index (χ0v) is 11.0. The largest absolute Gasteiger partial charge is 0.409 e. The van der Waals surface area contributed by atoms with Crippen LogP contribution in [0.2, 0.25) is 0 Å². The van der Waals surface area contributed by atoms with Crippen molar-refractivity contribution in [3.63, 3.8) is 0 Å². The van der Waals surface area contributed by atoms with Gasteiger partial charge in [0.2, 0.25) is 0 Å². The van der Waals surface area contributed by atoms with Crippen LogP contribution in [0.25, 0.3) is 0 Å². The van der Waals surface area contributed by atoms with Gasteiger partial charge in [-0.25, -0.2) is 9.18 Å². The van der Waals surface area contributed by atoms with Crippen LogP contribution in [-0.4, -0.2) is 35.1 Å². The molecule has 7 heteroatoms. The predicted octanol–water partition coefficient (Wildman–Crippen LogP) is 1.94. The second kappa shape index (κ2) is 6.23. The standard InChI is InChI=1S/C13H17FN4O2/c14-11-5-4-9(8-10(11)12(15)17-20)16-13(19)18-6-2-1-3-7-18/h4-5,8,20H,1-3,6-7H2,(H2,15,17)(H,16,19). The molecule has 0 bridgehead atoms. The predicted molar refractivity (Wildman–Crippen MR) is 73.4 cm³/mol. The molecule has 0 radical (unpaired) electrons. The van der Waals surface area contributed by atoms with Crippen molar-refractivity contribution < 1.29 is 14.4 Å². The quantitative estimate of drug-likeness (QED) is 0.334. The summed E-state index contributed by atoms with van der Waals surface area (Å²) in [6, 6.07) is 3.72. The van der Waals surface area contributed by atoms with Gasteiger partial charge in [0.05, 0.1) is 5.56 Å². The number of amides is 2. The molecule has 1 saturated heterocycles. The molecule has 0 aliphatic carbocycles. The Labute approximate surface area is 116 Å². The number of nitrogens with one attached hydrogen (secondary N) is 1. The number of halogens is 1. The van der Waals surface area contributed by atoms with Gasteiger partial charge in [-0.1, -0.05) is 5.16 Å². The minimum atomic E-state index is -0.615. The van der Waals surface area contributed by atoms with E-state index in [1.165, 1.54) is 18.2 Å². The molecule has 1 aliphatic rings. The molecule has 1 aliphatic heterocycles. The number of rotatable bonds is 2. The maximum Gasteiger partial charge on any atom is 0.321 e. The van der Waals surface area contributed by atoms with Gasteiger partial charge in [-0.3, -0.25) is 0 Å². The minimum Gasteiger partial charge on any atom is -0.409 e. The number of carbonyl (C=O) groups is 1. The Morgan fingerprint density at radius 3 is 2.70 bits per heavy atom. The van der Waals surface area contributed by atoms with E-state index in [9.17, 15) is 9.18 Å². The number of hydrogen-bond donors (Lipinski definition) is 3. The number of piperidine rings is 1. The van der Waals surface area contributed by atoms with Gasteiger partial charge in [-0.05, 0) is 37.5 Å².